The second kappa shape index (κ2) is 3.13. The minimum atomic E-state index is 0.214. The molecule has 0 amide bonds. The third-order valence-corrected chi connectivity index (χ3v) is 5.38. The van der Waals surface area contributed by atoms with E-state index in [1.54, 1.807) is 0 Å². The van der Waals surface area contributed by atoms with E-state index in [1.165, 1.54) is 37.7 Å². The van der Waals surface area contributed by atoms with E-state index in [1.807, 2.05) is 0 Å². The van der Waals surface area contributed by atoms with Gasteiger partial charge >= 0.3 is 0 Å². The zero-order valence-electron chi connectivity index (χ0n) is 10.9. The summed E-state index contributed by atoms with van der Waals surface area (Å²) in [6.45, 7) is 11.5. The van der Waals surface area contributed by atoms with Crippen LogP contribution in [0, 0.1) is 17.3 Å². The number of hydrogen-bond acceptors (Lipinski definition) is 1. The van der Waals surface area contributed by atoms with Crippen molar-refractivity contribution in [1.82, 2.24) is 0 Å². The van der Waals surface area contributed by atoms with Gasteiger partial charge in [-0.3, -0.25) is 0 Å². The number of fused-ring (bicyclic) bond motifs is 2. The van der Waals surface area contributed by atoms with Gasteiger partial charge in [-0.05, 0) is 56.3 Å². The van der Waals surface area contributed by atoms with E-state index in [4.69, 9.17) is 4.74 Å². The summed E-state index contributed by atoms with van der Waals surface area (Å²) in [5.74, 6) is 1.60. The highest BCUT2D eigenvalue weighted by Gasteiger charge is 2.59. The molecule has 1 nitrogen and oxygen atoms in total. The molecule has 2 saturated carbocycles. The molecule has 0 aromatic carbocycles. The van der Waals surface area contributed by atoms with Gasteiger partial charge in [0, 0.05) is 0 Å². The topological polar surface area (TPSA) is 12.5 Å². The predicted molar refractivity (Wildman–Crippen MR) is 66.3 cm³/mol. The molecule has 16 heavy (non-hydrogen) atoms. The van der Waals surface area contributed by atoms with Gasteiger partial charge in [0.2, 0.25) is 0 Å². The summed E-state index contributed by atoms with van der Waals surface area (Å²) in [4.78, 5) is 0. The summed E-state index contributed by atoms with van der Waals surface area (Å²) < 4.78 is 5.93. The average Bonchev–Trinajstić information content (AvgIpc) is 2.82. The van der Waals surface area contributed by atoms with Crippen LogP contribution >= 0.6 is 0 Å². The summed E-state index contributed by atoms with van der Waals surface area (Å²) in [6.07, 6.45) is 6.91. The fourth-order valence-electron chi connectivity index (χ4n) is 4.06. The molecule has 3 aliphatic rings. The molecule has 4 atom stereocenters. The van der Waals surface area contributed by atoms with Crippen LogP contribution in [0.1, 0.15) is 52.9 Å². The largest absolute Gasteiger partial charge is 0.366 e. The molecular formula is C15H24O. The van der Waals surface area contributed by atoms with Crippen molar-refractivity contribution in [3.05, 3.63) is 12.2 Å². The van der Waals surface area contributed by atoms with Crippen LogP contribution in [-0.2, 0) is 4.74 Å². The average molecular weight is 220 g/mol. The summed E-state index contributed by atoms with van der Waals surface area (Å²) in [6, 6.07) is 0. The van der Waals surface area contributed by atoms with Gasteiger partial charge in [-0.25, -0.2) is 0 Å². The number of hydrogen-bond donors (Lipinski definition) is 0. The normalized spacial score (nSPS) is 50.2. The van der Waals surface area contributed by atoms with Gasteiger partial charge in [0.25, 0.3) is 0 Å². The summed E-state index contributed by atoms with van der Waals surface area (Å²) in [5.41, 5.74) is 2.25. The van der Waals surface area contributed by atoms with E-state index >= 15 is 0 Å². The van der Waals surface area contributed by atoms with Crippen molar-refractivity contribution in [3.8, 4) is 0 Å². The fraction of sp³-hybridized carbons (Fsp3) is 0.867. The zero-order chi connectivity index (χ0) is 11.6. The predicted octanol–water partition coefficient (Wildman–Crippen LogP) is 3.94. The van der Waals surface area contributed by atoms with Crippen LogP contribution < -0.4 is 0 Å². The third kappa shape index (κ3) is 1.48. The molecular weight excluding hydrogens is 196 g/mol. The molecule has 90 valence electrons. The minimum Gasteiger partial charge on any atom is -0.366 e. The van der Waals surface area contributed by atoms with Crippen molar-refractivity contribution in [2.45, 2.75) is 64.6 Å². The van der Waals surface area contributed by atoms with Gasteiger partial charge in [-0.15, -0.1) is 0 Å². The smallest absolute Gasteiger partial charge is 0.0923 e. The fourth-order valence-corrected chi connectivity index (χ4v) is 4.06. The van der Waals surface area contributed by atoms with Crippen molar-refractivity contribution in [2.24, 2.45) is 17.3 Å². The van der Waals surface area contributed by atoms with Crippen LogP contribution in [0.25, 0.3) is 0 Å². The maximum Gasteiger partial charge on any atom is 0.0923 e. The monoisotopic (exact) mass is 220 g/mol. The van der Waals surface area contributed by atoms with Gasteiger partial charge in [0.15, 0.2) is 0 Å². The summed E-state index contributed by atoms with van der Waals surface area (Å²) in [7, 11) is 0. The van der Waals surface area contributed by atoms with Crippen LogP contribution in [0.4, 0.5) is 0 Å². The molecule has 3 rings (SSSR count). The molecule has 0 aromatic rings. The standard InChI is InChI=1S/C15H24O/c1-10-6-5-7-13-15(4,16-13)9-12-11(10)8-14(12,2)3/h11-13H,1,5-9H2,2-4H3. The lowest BCUT2D eigenvalue weighted by Crippen LogP contribution is -2.46. The van der Waals surface area contributed by atoms with E-state index < -0.39 is 0 Å². The Kier molecular flexibility index (Phi) is 2.12. The Morgan fingerprint density at radius 2 is 2.00 bits per heavy atom. The molecule has 0 N–H and O–H groups in total. The Bertz CT molecular complexity index is 330. The van der Waals surface area contributed by atoms with Crippen LogP contribution in [0.15, 0.2) is 12.2 Å². The Hall–Kier alpha value is -0.300. The molecule has 0 bridgehead atoms. The molecule has 4 unspecified atom stereocenters. The second-order valence-corrected chi connectivity index (χ2v) is 7.08. The first-order valence-electron chi connectivity index (χ1n) is 6.78. The van der Waals surface area contributed by atoms with Gasteiger partial charge in [0.05, 0.1) is 11.7 Å². The van der Waals surface area contributed by atoms with Gasteiger partial charge in [-0.1, -0.05) is 26.0 Å². The first kappa shape index (κ1) is 10.8. The van der Waals surface area contributed by atoms with E-state index in [0.717, 1.165) is 11.8 Å². The van der Waals surface area contributed by atoms with E-state index in [2.05, 4.69) is 27.4 Å². The lowest BCUT2D eigenvalue weighted by Gasteiger charge is -2.53. The van der Waals surface area contributed by atoms with Crippen LogP contribution in [-0.4, -0.2) is 11.7 Å². The van der Waals surface area contributed by atoms with Crippen molar-refractivity contribution >= 4 is 0 Å². The Labute approximate surface area is 99.3 Å². The Morgan fingerprint density at radius 1 is 1.25 bits per heavy atom. The molecule has 0 radical (unpaired) electrons. The van der Waals surface area contributed by atoms with Crippen molar-refractivity contribution in [2.75, 3.05) is 0 Å². The van der Waals surface area contributed by atoms with Gasteiger partial charge < -0.3 is 4.74 Å². The van der Waals surface area contributed by atoms with Gasteiger partial charge in [0.1, 0.15) is 0 Å². The zero-order valence-corrected chi connectivity index (χ0v) is 10.9. The molecule has 1 aliphatic heterocycles. The lowest BCUT2D eigenvalue weighted by molar-refractivity contribution is -0.0118. The Balaban J connectivity index is 1.82. The summed E-state index contributed by atoms with van der Waals surface area (Å²) in [5, 5.41) is 0. The lowest BCUT2D eigenvalue weighted by atomic mass is 9.51. The highest BCUT2D eigenvalue weighted by atomic mass is 16.6. The van der Waals surface area contributed by atoms with Crippen LogP contribution in [0.2, 0.25) is 0 Å². The van der Waals surface area contributed by atoms with Crippen molar-refractivity contribution in [1.29, 1.82) is 0 Å². The van der Waals surface area contributed by atoms with E-state index in [9.17, 15) is 0 Å². The number of epoxide rings is 1. The van der Waals surface area contributed by atoms with Crippen LogP contribution in [0.5, 0.6) is 0 Å². The maximum absolute atomic E-state index is 5.93. The van der Waals surface area contributed by atoms with E-state index in [-0.39, 0.29) is 5.60 Å². The van der Waals surface area contributed by atoms with E-state index in [0.29, 0.717) is 11.5 Å². The SMILES string of the molecule is C=C1CCCC2OC2(C)CC2C1CC2(C)C. The second-order valence-electron chi connectivity index (χ2n) is 7.08. The highest BCUT2D eigenvalue weighted by Crippen LogP contribution is 2.60. The first-order chi connectivity index (χ1) is 7.42. The molecule has 0 aromatic heterocycles. The minimum absolute atomic E-state index is 0.214. The van der Waals surface area contributed by atoms with Crippen LogP contribution in [0.3, 0.4) is 0 Å². The molecule has 1 saturated heterocycles. The van der Waals surface area contributed by atoms with Crippen molar-refractivity contribution in [3.63, 3.8) is 0 Å². The number of rotatable bonds is 0. The quantitative estimate of drug-likeness (QED) is 0.445. The maximum atomic E-state index is 5.93. The molecule has 2 aliphatic carbocycles. The molecule has 3 fully saturated rings. The third-order valence-electron chi connectivity index (χ3n) is 5.38. The molecule has 1 heteroatoms. The number of allylic oxidation sites excluding steroid dienone is 1. The highest BCUT2D eigenvalue weighted by molar-refractivity contribution is 5.17. The summed E-state index contributed by atoms with van der Waals surface area (Å²) >= 11 is 0. The first-order valence-corrected chi connectivity index (χ1v) is 6.78. The van der Waals surface area contributed by atoms with Crippen molar-refractivity contribution < 1.29 is 4.74 Å². The molecule has 1 heterocycles. The van der Waals surface area contributed by atoms with Gasteiger partial charge in [-0.2, -0.15) is 0 Å². The molecule has 0 spiro atoms. The Morgan fingerprint density at radius 3 is 2.69 bits per heavy atom. The number of ether oxygens (including phenoxy) is 1.